The summed E-state index contributed by atoms with van der Waals surface area (Å²) in [7, 11) is 0. The van der Waals surface area contributed by atoms with E-state index in [0.29, 0.717) is 12.5 Å². The average Bonchev–Trinajstić information content (AvgIpc) is 2.77. The summed E-state index contributed by atoms with van der Waals surface area (Å²) in [6, 6.07) is -0.586. The van der Waals surface area contributed by atoms with Gasteiger partial charge < -0.3 is 9.47 Å². The molecule has 0 amide bonds. The molecule has 1 aliphatic heterocycles. The lowest BCUT2D eigenvalue weighted by atomic mass is 9.70. The van der Waals surface area contributed by atoms with Gasteiger partial charge in [-0.15, -0.1) is 0 Å². The molecule has 5 nitrogen and oxygen atoms in total. The third-order valence-electron chi connectivity index (χ3n) is 6.60. The Morgan fingerprint density at radius 2 is 2.13 bits per heavy atom. The average molecular weight is 321 g/mol. The predicted octanol–water partition coefficient (Wildman–Crippen LogP) is 2.77. The van der Waals surface area contributed by atoms with Crippen LogP contribution in [-0.2, 0) is 19.1 Å². The van der Waals surface area contributed by atoms with Gasteiger partial charge in [0.05, 0.1) is 18.7 Å². The van der Waals surface area contributed by atoms with Crippen LogP contribution in [0.25, 0.3) is 0 Å². The molecule has 2 fully saturated rings. The number of nitrogens with zero attached hydrogens (tertiary/aromatic N) is 1. The molecule has 3 aliphatic rings. The van der Waals surface area contributed by atoms with Gasteiger partial charge in [0, 0.05) is 11.3 Å². The van der Waals surface area contributed by atoms with Crippen LogP contribution in [0.2, 0.25) is 0 Å². The molecule has 0 saturated heterocycles. The van der Waals surface area contributed by atoms with E-state index in [1.165, 1.54) is 0 Å². The summed E-state index contributed by atoms with van der Waals surface area (Å²) >= 11 is 0. The van der Waals surface area contributed by atoms with Gasteiger partial charge in [-0.2, -0.15) is 0 Å². The van der Waals surface area contributed by atoms with Crippen molar-refractivity contribution in [3.05, 3.63) is 0 Å². The molecular weight excluding hydrogens is 294 g/mol. The van der Waals surface area contributed by atoms with Crippen molar-refractivity contribution in [3.8, 4) is 0 Å². The molecule has 2 bridgehead atoms. The molecule has 2 saturated carbocycles. The van der Waals surface area contributed by atoms with Gasteiger partial charge in [-0.1, -0.05) is 27.7 Å². The lowest BCUT2D eigenvalue weighted by molar-refractivity contribution is -0.153. The summed E-state index contributed by atoms with van der Waals surface area (Å²) in [5, 5.41) is 0. The smallest absolute Gasteiger partial charge is 0.331 e. The van der Waals surface area contributed by atoms with Crippen LogP contribution in [0.1, 0.15) is 53.9 Å². The van der Waals surface area contributed by atoms with Crippen LogP contribution in [0.5, 0.6) is 0 Å². The zero-order valence-electron chi connectivity index (χ0n) is 14.7. The molecule has 5 heteroatoms. The fourth-order valence-corrected chi connectivity index (χ4v) is 4.73. The van der Waals surface area contributed by atoms with Gasteiger partial charge in [0.25, 0.3) is 0 Å². The highest BCUT2D eigenvalue weighted by Gasteiger charge is 2.67. The minimum Gasteiger partial charge on any atom is -0.466 e. The summed E-state index contributed by atoms with van der Waals surface area (Å²) in [6.07, 6.45) is 2.21. The Bertz CT molecular complexity index is 567. The third kappa shape index (κ3) is 2.23. The minimum absolute atomic E-state index is 0.00900. The Morgan fingerprint density at radius 1 is 1.43 bits per heavy atom. The lowest BCUT2D eigenvalue weighted by Gasteiger charge is -2.37. The predicted molar refractivity (Wildman–Crippen MR) is 86.1 cm³/mol. The van der Waals surface area contributed by atoms with Gasteiger partial charge >= 0.3 is 11.9 Å². The number of hydrogen-bond acceptors (Lipinski definition) is 5. The highest BCUT2D eigenvalue weighted by Crippen LogP contribution is 2.65. The fourth-order valence-electron chi connectivity index (χ4n) is 4.73. The molecular formula is C18H27NO4. The second kappa shape index (κ2) is 5.32. The van der Waals surface area contributed by atoms with Crippen LogP contribution < -0.4 is 0 Å². The van der Waals surface area contributed by atoms with Crippen molar-refractivity contribution in [2.45, 2.75) is 66.0 Å². The normalized spacial score (nSPS) is 38.6. The Morgan fingerprint density at radius 3 is 2.78 bits per heavy atom. The summed E-state index contributed by atoms with van der Waals surface area (Å²) in [5.74, 6) is -0.422. The molecule has 0 aromatic heterocycles. The Hall–Kier alpha value is -1.39. The summed E-state index contributed by atoms with van der Waals surface area (Å²) < 4.78 is 10.8. The molecule has 128 valence electrons. The first-order valence-corrected chi connectivity index (χ1v) is 8.66. The summed E-state index contributed by atoms with van der Waals surface area (Å²) in [6.45, 7) is 10.8. The van der Waals surface area contributed by atoms with Gasteiger partial charge in [0.1, 0.15) is 6.10 Å². The first-order chi connectivity index (χ1) is 10.7. The van der Waals surface area contributed by atoms with Crippen LogP contribution in [0.3, 0.4) is 0 Å². The molecule has 2 unspecified atom stereocenters. The van der Waals surface area contributed by atoms with E-state index in [4.69, 9.17) is 14.5 Å². The Kier molecular flexibility index (Phi) is 3.81. The molecule has 3 rings (SSSR count). The van der Waals surface area contributed by atoms with E-state index >= 15 is 0 Å². The van der Waals surface area contributed by atoms with Crippen LogP contribution in [0, 0.1) is 22.7 Å². The quantitative estimate of drug-likeness (QED) is 0.747. The van der Waals surface area contributed by atoms with Crippen LogP contribution >= 0.6 is 0 Å². The second-order valence-corrected chi connectivity index (χ2v) is 8.00. The number of rotatable bonds is 4. The number of ether oxygens (including phenoxy) is 2. The third-order valence-corrected chi connectivity index (χ3v) is 6.60. The fraction of sp³-hybridized carbons (Fsp3) is 0.833. The van der Waals surface area contributed by atoms with Gasteiger partial charge in [0.15, 0.2) is 6.04 Å². The van der Waals surface area contributed by atoms with Gasteiger partial charge in [-0.25, -0.2) is 4.79 Å². The van der Waals surface area contributed by atoms with Crippen molar-refractivity contribution in [2.75, 3.05) is 6.61 Å². The molecule has 5 atom stereocenters. The molecule has 0 radical (unpaired) electrons. The van der Waals surface area contributed by atoms with Crippen LogP contribution in [-0.4, -0.2) is 36.4 Å². The number of carbonyl (C=O) groups excluding carboxylic acids is 2. The number of carbonyl (C=O) groups is 2. The lowest BCUT2D eigenvalue weighted by Crippen LogP contribution is -2.46. The molecule has 1 heterocycles. The maximum atomic E-state index is 12.4. The van der Waals surface area contributed by atoms with Crippen molar-refractivity contribution in [3.63, 3.8) is 0 Å². The highest BCUT2D eigenvalue weighted by molar-refractivity contribution is 6.03. The largest absolute Gasteiger partial charge is 0.466 e. The first kappa shape index (κ1) is 16.5. The highest BCUT2D eigenvalue weighted by atomic mass is 16.5. The SMILES string of the molecule is CCOC(=O)CC(C)[C@@H]1N=C2C(OC1=O)[C@@H]1CC[C@@]2(C)C1(C)C. The van der Waals surface area contributed by atoms with E-state index in [0.717, 1.165) is 18.6 Å². The molecule has 0 aromatic carbocycles. The molecule has 0 N–H and O–H groups in total. The van der Waals surface area contributed by atoms with E-state index in [1.54, 1.807) is 6.92 Å². The topological polar surface area (TPSA) is 65.0 Å². The van der Waals surface area contributed by atoms with Gasteiger partial charge in [-0.3, -0.25) is 9.79 Å². The second-order valence-electron chi connectivity index (χ2n) is 8.00. The Balaban J connectivity index is 1.86. The van der Waals surface area contributed by atoms with E-state index in [9.17, 15) is 9.59 Å². The van der Waals surface area contributed by atoms with Crippen molar-refractivity contribution in [2.24, 2.45) is 27.7 Å². The number of hydrogen-bond donors (Lipinski definition) is 0. The number of esters is 2. The zero-order valence-corrected chi connectivity index (χ0v) is 14.7. The van der Waals surface area contributed by atoms with E-state index in [-0.39, 0.29) is 41.2 Å². The molecule has 23 heavy (non-hydrogen) atoms. The standard InChI is InChI=1S/C18H27NO4/c1-6-22-12(20)9-10(2)13-16(21)23-14-11-7-8-18(5,15(14)19-13)17(11,3)4/h10-11,13-14H,6-9H2,1-5H3/t10?,11-,13-,14?,18+/m0/s1. The van der Waals surface area contributed by atoms with E-state index in [2.05, 4.69) is 20.8 Å². The minimum atomic E-state index is -0.586. The maximum Gasteiger partial charge on any atom is 0.331 e. The van der Waals surface area contributed by atoms with Crippen molar-refractivity contribution in [1.82, 2.24) is 0 Å². The van der Waals surface area contributed by atoms with Crippen molar-refractivity contribution < 1.29 is 19.1 Å². The number of aliphatic imine (C=N–C) groups is 1. The number of fused-ring (bicyclic) bond motifs is 5. The first-order valence-electron chi connectivity index (χ1n) is 8.66. The summed E-state index contributed by atoms with van der Waals surface area (Å²) in [5.41, 5.74) is 1.13. The van der Waals surface area contributed by atoms with E-state index < -0.39 is 6.04 Å². The van der Waals surface area contributed by atoms with Gasteiger partial charge in [0.2, 0.25) is 0 Å². The summed E-state index contributed by atoms with van der Waals surface area (Å²) in [4.78, 5) is 29.0. The van der Waals surface area contributed by atoms with Crippen LogP contribution in [0.15, 0.2) is 4.99 Å². The van der Waals surface area contributed by atoms with E-state index in [1.807, 2.05) is 6.92 Å². The van der Waals surface area contributed by atoms with Crippen molar-refractivity contribution in [1.29, 1.82) is 0 Å². The molecule has 2 aliphatic carbocycles. The van der Waals surface area contributed by atoms with Crippen molar-refractivity contribution >= 4 is 17.7 Å². The van der Waals surface area contributed by atoms with Gasteiger partial charge in [-0.05, 0) is 31.1 Å². The maximum absolute atomic E-state index is 12.4. The molecule has 0 aromatic rings. The zero-order chi connectivity index (χ0) is 17.0. The molecule has 0 spiro atoms. The van der Waals surface area contributed by atoms with Crippen LogP contribution in [0.4, 0.5) is 0 Å². The Labute approximate surface area is 137 Å². The monoisotopic (exact) mass is 321 g/mol.